The number of aliphatic carboxylic acids is 1. The highest BCUT2D eigenvalue weighted by Gasteiger charge is 2.33. The quantitative estimate of drug-likeness (QED) is 0.813. The van der Waals surface area contributed by atoms with Crippen LogP contribution in [0.3, 0.4) is 0 Å². The molecule has 0 fully saturated rings. The van der Waals surface area contributed by atoms with Gasteiger partial charge >= 0.3 is 5.97 Å². The number of carbonyl (C=O) groups is 2. The van der Waals surface area contributed by atoms with Crippen molar-refractivity contribution in [2.45, 2.75) is 60.9 Å². The minimum absolute atomic E-state index is 0.0395. The maximum Gasteiger partial charge on any atom is 0.326 e. The summed E-state index contributed by atoms with van der Waals surface area (Å²) in [5, 5.41) is 11.8. The lowest BCUT2D eigenvalue weighted by atomic mass is 9.79. The number of nitrogens with one attached hydrogen (secondary N) is 1. The molecule has 0 spiro atoms. The van der Waals surface area contributed by atoms with Gasteiger partial charge in [0.25, 0.3) is 0 Å². The van der Waals surface area contributed by atoms with Gasteiger partial charge in [-0.1, -0.05) is 48.5 Å². The summed E-state index contributed by atoms with van der Waals surface area (Å²) in [6, 6.07) is -0.850. The van der Waals surface area contributed by atoms with Crippen LogP contribution in [0, 0.1) is 16.7 Å². The van der Waals surface area contributed by atoms with Crippen LogP contribution in [0.15, 0.2) is 0 Å². The molecule has 18 heavy (non-hydrogen) atoms. The molecule has 1 amide bonds. The molecule has 0 aliphatic rings. The number of carboxylic acid groups (broad SMARTS) is 1. The number of carboxylic acids is 1. The minimum atomic E-state index is -0.987. The van der Waals surface area contributed by atoms with E-state index < -0.39 is 17.4 Å². The van der Waals surface area contributed by atoms with E-state index in [4.69, 9.17) is 5.11 Å². The summed E-state index contributed by atoms with van der Waals surface area (Å²) in [7, 11) is 0. The number of carbonyl (C=O) groups excluding carboxylic acids is 1. The standard InChI is InChI=1S/C14H27NO3/c1-9(13(2,3)4)8-10(16)15-11(12(17)18)14(5,6)7/h9,11H,8H2,1-7H3,(H,15,16)(H,17,18)/t9?,11-/m0/s1. The minimum Gasteiger partial charge on any atom is -0.480 e. The van der Waals surface area contributed by atoms with E-state index in [0.717, 1.165) is 0 Å². The van der Waals surface area contributed by atoms with Crippen molar-refractivity contribution < 1.29 is 14.7 Å². The van der Waals surface area contributed by atoms with E-state index in [1.807, 2.05) is 6.92 Å². The van der Waals surface area contributed by atoms with Gasteiger partial charge in [-0.2, -0.15) is 0 Å². The zero-order chi connectivity index (χ0) is 14.7. The van der Waals surface area contributed by atoms with Gasteiger partial charge in [0.15, 0.2) is 0 Å². The lowest BCUT2D eigenvalue weighted by Crippen LogP contribution is -2.49. The van der Waals surface area contributed by atoms with E-state index in [1.165, 1.54) is 0 Å². The van der Waals surface area contributed by atoms with E-state index in [0.29, 0.717) is 6.42 Å². The molecule has 2 N–H and O–H groups in total. The predicted octanol–water partition coefficient (Wildman–Crippen LogP) is 2.67. The topological polar surface area (TPSA) is 66.4 Å². The van der Waals surface area contributed by atoms with Gasteiger partial charge in [0.1, 0.15) is 6.04 Å². The Balaban J connectivity index is 4.60. The Labute approximate surface area is 110 Å². The number of rotatable bonds is 4. The largest absolute Gasteiger partial charge is 0.480 e. The van der Waals surface area contributed by atoms with Gasteiger partial charge in [-0.05, 0) is 16.7 Å². The predicted molar refractivity (Wildman–Crippen MR) is 72.3 cm³/mol. The molecule has 0 bridgehead atoms. The van der Waals surface area contributed by atoms with Crippen molar-refractivity contribution in [2.24, 2.45) is 16.7 Å². The molecule has 0 aromatic heterocycles. The fourth-order valence-electron chi connectivity index (χ4n) is 1.45. The highest BCUT2D eigenvalue weighted by atomic mass is 16.4. The molecule has 0 aliphatic heterocycles. The van der Waals surface area contributed by atoms with E-state index in [1.54, 1.807) is 20.8 Å². The van der Waals surface area contributed by atoms with Crippen molar-refractivity contribution in [3.8, 4) is 0 Å². The summed E-state index contributed by atoms with van der Waals surface area (Å²) < 4.78 is 0. The summed E-state index contributed by atoms with van der Waals surface area (Å²) in [5.41, 5.74) is -0.454. The van der Waals surface area contributed by atoms with Gasteiger partial charge in [-0.25, -0.2) is 4.79 Å². The van der Waals surface area contributed by atoms with Crippen molar-refractivity contribution in [2.75, 3.05) is 0 Å². The average molecular weight is 257 g/mol. The first-order valence-electron chi connectivity index (χ1n) is 6.38. The molecular weight excluding hydrogens is 230 g/mol. The molecular formula is C14H27NO3. The molecule has 1 unspecified atom stereocenters. The molecule has 0 aliphatic carbocycles. The van der Waals surface area contributed by atoms with Crippen LogP contribution in [0.2, 0.25) is 0 Å². The second kappa shape index (κ2) is 5.72. The molecule has 0 heterocycles. The summed E-state index contributed by atoms with van der Waals surface area (Å²) in [6.07, 6.45) is 0.351. The Morgan fingerprint density at radius 3 is 1.78 bits per heavy atom. The smallest absolute Gasteiger partial charge is 0.326 e. The maximum atomic E-state index is 11.9. The monoisotopic (exact) mass is 257 g/mol. The van der Waals surface area contributed by atoms with Gasteiger partial charge in [-0.15, -0.1) is 0 Å². The van der Waals surface area contributed by atoms with E-state index in [9.17, 15) is 9.59 Å². The third-order valence-electron chi connectivity index (χ3n) is 3.39. The number of amides is 1. The first-order valence-corrected chi connectivity index (χ1v) is 6.38. The summed E-state index contributed by atoms with van der Waals surface area (Å²) in [6.45, 7) is 13.6. The first kappa shape index (κ1) is 16.9. The fraction of sp³-hybridized carbons (Fsp3) is 0.857. The molecule has 4 heteroatoms. The molecule has 2 atom stereocenters. The van der Waals surface area contributed by atoms with Crippen LogP contribution in [0.5, 0.6) is 0 Å². The summed E-state index contributed by atoms with van der Waals surface area (Å²) in [5.74, 6) is -0.981. The van der Waals surface area contributed by atoms with Crippen molar-refractivity contribution >= 4 is 11.9 Å². The SMILES string of the molecule is CC(CC(=O)N[C@@H](C(=O)O)C(C)(C)C)C(C)(C)C. The summed E-state index contributed by atoms with van der Waals surface area (Å²) >= 11 is 0. The van der Waals surface area contributed by atoms with Crippen molar-refractivity contribution in [3.05, 3.63) is 0 Å². The lowest BCUT2D eigenvalue weighted by molar-refractivity contribution is -0.145. The molecule has 0 aromatic carbocycles. The van der Waals surface area contributed by atoms with Crippen LogP contribution < -0.4 is 5.32 Å². The normalized spacial score (nSPS) is 15.9. The van der Waals surface area contributed by atoms with Gasteiger partial charge in [0.2, 0.25) is 5.91 Å². The Bertz CT molecular complexity index is 310. The van der Waals surface area contributed by atoms with Crippen LogP contribution in [0.1, 0.15) is 54.9 Å². The van der Waals surface area contributed by atoms with Crippen molar-refractivity contribution in [3.63, 3.8) is 0 Å². The molecule has 0 rings (SSSR count). The summed E-state index contributed by atoms with van der Waals surface area (Å²) in [4.78, 5) is 23.0. The van der Waals surface area contributed by atoms with Crippen LogP contribution in [-0.4, -0.2) is 23.0 Å². The van der Waals surface area contributed by atoms with E-state index >= 15 is 0 Å². The Kier molecular flexibility index (Phi) is 5.38. The van der Waals surface area contributed by atoms with Crippen molar-refractivity contribution in [1.82, 2.24) is 5.32 Å². The number of hydrogen-bond acceptors (Lipinski definition) is 2. The van der Waals surface area contributed by atoms with Crippen LogP contribution in [0.25, 0.3) is 0 Å². The Hall–Kier alpha value is -1.06. The third-order valence-corrected chi connectivity index (χ3v) is 3.39. The lowest BCUT2D eigenvalue weighted by Gasteiger charge is -2.30. The number of hydrogen-bond donors (Lipinski definition) is 2. The zero-order valence-electron chi connectivity index (χ0n) is 12.6. The van der Waals surface area contributed by atoms with Gasteiger partial charge < -0.3 is 10.4 Å². The molecule has 4 nitrogen and oxygen atoms in total. The van der Waals surface area contributed by atoms with Crippen LogP contribution in [0.4, 0.5) is 0 Å². The third kappa shape index (κ3) is 5.52. The Morgan fingerprint density at radius 1 is 1.06 bits per heavy atom. The molecule has 0 radical (unpaired) electrons. The maximum absolute atomic E-state index is 11.9. The average Bonchev–Trinajstić information content (AvgIpc) is 2.10. The zero-order valence-corrected chi connectivity index (χ0v) is 12.6. The molecule has 0 saturated heterocycles. The first-order chi connectivity index (χ1) is 7.85. The highest BCUT2D eigenvalue weighted by molar-refractivity contribution is 5.84. The molecule has 0 saturated carbocycles. The second-order valence-electron chi connectivity index (χ2n) is 7.18. The Morgan fingerprint density at radius 2 is 1.50 bits per heavy atom. The van der Waals surface area contributed by atoms with E-state index in [-0.39, 0.29) is 17.2 Å². The van der Waals surface area contributed by atoms with Gasteiger partial charge in [0, 0.05) is 6.42 Å². The second-order valence-corrected chi connectivity index (χ2v) is 7.18. The van der Waals surface area contributed by atoms with Crippen LogP contribution in [-0.2, 0) is 9.59 Å². The van der Waals surface area contributed by atoms with E-state index in [2.05, 4.69) is 26.1 Å². The molecule has 106 valence electrons. The van der Waals surface area contributed by atoms with Crippen molar-refractivity contribution in [1.29, 1.82) is 0 Å². The van der Waals surface area contributed by atoms with Crippen LogP contribution >= 0.6 is 0 Å². The van der Waals surface area contributed by atoms with Gasteiger partial charge in [0.05, 0.1) is 0 Å². The van der Waals surface area contributed by atoms with Gasteiger partial charge in [-0.3, -0.25) is 4.79 Å². The fourth-order valence-corrected chi connectivity index (χ4v) is 1.45. The highest BCUT2D eigenvalue weighted by Crippen LogP contribution is 2.28. The molecule has 0 aromatic rings.